The molecular formula is C22H37ClO2. The second-order valence-electron chi connectivity index (χ2n) is 7.32. The summed E-state index contributed by atoms with van der Waals surface area (Å²) in [6.07, 6.45) is 16.1. The number of rotatable bonds is 14. The van der Waals surface area contributed by atoms with E-state index in [-0.39, 0.29) is 16.5 Å². The fourth-order valence-electron chi connectivity index (χ4n) is 3.52. The van der Waals surface area contributed by atoms with Crippen LogP contribution in [0.4, 0.5) is 0 Å². The first-order valence-corrected chi connectivity index (χ1v) is 10.7. The van der Waals surface area contributed by atoms with Gasteiger partial charge in [0.1, 0.15) is 11.5 Å². The van der Waals surface area contributed by atoms with Crippen LogP contribution < -0.4 is 0 Å². The SMILES string of the molecule is CCCCCCCCC(CCCCCCC)c1cc(O)c(Cl)cc1O. The lowest BCUT2D eigenvalue weighted by Crippen LogP contribution is -2.01. The minimum absolute atomic E-state index is 0.0772. The average molecular weight is 369 g/mol. The van der Waals surface area contributed by atoms with Crippen LogP contribution in [0.3, 0.4) is 0 Å². The van der Waals surface area contributed by atoms with Crippen molar-refractivity contribution in [3.05, 3.63) is 22.7 Å². The van der Waals surface area contributed by atoms with E-state index in [9.17, 15) is 10.2 Å². The second kappa shape index (κ2) is 13.3. The van der Waals surface area contributed by atoms with Gasteiger partial charge in [-0.05, 0) is 24.8 Å². The van der Waals surface area contributed by atoms with E-state index in [4.69, 9.17) is 11.6 Å². The van der Waals surface area contributed by atoms with E-state index in [1.54, 1.807) is 6.07 Å². The van der Waals surface area contributed by atoms with Crippen molar-refractivity contribution in [3.8, 4) is 11.5 Å². The molecule has 1 atom stereocenters. The smallest absolute Gasteiger partial charge is 0.134 e. The van der Waals surface area contributed by atoms with Gasteiger partial charge in [-0.15, -0.1) is 0 Å². The van der Waals surface area contributed by atoms with E-state index in [0.717, 1.165) is 18.4 Å². The monoisotopic (exact) mass is 368 g/mol. The second-order valence-corrected chi connectivity index (χ2v) is 7.73. The van der Waals surface area contributed by atoms with Crippen LogP contribution >= 0.6 is 11.6 Å². The Morgan fingerprint density at radius 3 is 1.72 bits per heavy atom. The maximum atomic E-state index is 10.3. The van der Waals surface area contributed by atoms with Gasteiger partial charge in [0, 0.05) is 11.6 Å². The Labute approximate surface area is 159 Å². The molecular weight excluding hydrogens is 332 g/mol. The van der Waals surface area contributed by atoms with Crippen molar-refractivity contribution < 1.29 is 10.2 Å². The zero-order valence-corrected chi connectivity index (χ0v) is 17.0. The van der Waals surface area contributed by atoms with Crippen LogP contribution in [0.5, 0.6) is 11.5 Å². The summed E-state index contributed by atoms with van der Waals surface area (Å²) in [5.41, 5.74) is 0.867. The molecule has 0 aliphatic heterocycles. The van der Waals surface area contributed by atoms with Gasteiger partial charge in [-0.3, -0.25) is 0 Å². The predicted octanol–water partition coefficient (Wildman–Crippen LogP) is 7.95. The first-order valence-electron chi connectivity index (χ1n) is 10.3. The molecule has 1 aromatic rings. The summed E-state index contributed by atoms with van der Waals surface area (Å²) < 4.78 is 0. The van der Waals surface area contributed by atoms with Crippen LogP contribution in [0, 0.1) is 0 Å². The van der Waals surface area contributed by atoms with E-state index < -0.39 is 0 Å². The van der Waals surface area contributed by atoms with E-state index in [1.165, 1.54) is 76.7 Å². The summed E-state index contributed by atoms with van der Waals surface area (Å²) in [4.78, 5) is 0. The lowest BCUT2D eigenvalue weighted by Gasteiger charge is -2.19. The van der Waals surface area contributed by atoms with Crippen LogP contribution in [-0.4, -0.2) is 10.2 Å². The minimum Gasteiger partial charge on any atom is -0.508 e. The molecule has 0 amide bonds. The third-order valence-corrected chi connectivity index (χ3v) is 5.40. The predicted molar refractivity (Wildman–Crippen MR) is 109 cm³/mol. The van der Waals surface area contributed by atoms with Gasteiger partial charge in [0.15, 0.2) is 0 Å². The first-order chi connectivity index (χ1) is 12.1. The van der Waals surface area contributed by atoms with Crippen molar-refractivity contribution in [2.24, 2.45) is 0 Å². The highest BCUT2D eigenvalue weighted by Crippen LogP contribution is 2.39. The number of unbranched alkanes of at least 4 members (excludes halogenated alkanes) is 9. The molecule has 25 heavy (non-hydrogen) atoms. The maximum absolute atomic E-state index is 10.3. The van der Waals surface area contributed by atoms with Crippen LogP contribution in [0.1, 0.15) is 109 Å². The van der Waals surface area contributed by atoms with Crippen LogP contribution in [0.2, 0.25) is 5.02 Å². The number of phenols is 2. The highest BCUT2D eigenvalue weighted by molar-refractivity contribution is 6.32. The quantitative estimate of drug-likeness (QED) is 0.258. The Hall–Kier alpha value is -0.890. The molecule has 1 rings (SSSR count). The molecule has 0 aliphatic carbocycles. The molecule has 2 nitrogen and oxygen atoms in total. The molecule has 0 bridgehead atoms. The lowest BCUT2D eigenvalue weighted by molar-refractivity contribution is 0.430. The van der Waals surface area contributed by atoms with Gasteiger partial charge in [0.25, 0.3) is 0 Å². The molecule has 0 aromatic heterocycles. The molecule has 0 saturated carbocycles. The fraction of sp³-hybridized carbons (Fsp3) is 0.727. The summed E-state index contributed by atoms with van der Waals surface area (Å²) >= 11 is 5.92. The third-order valence-electron chi connectivity index (χ3n) is 5.10. The van der Waals surface area contributed by atoms with Gasteiger partial charge in [-0.25, -0.2) is 0 Å². The van der Waals surface area contributed by atoms with Gasteiger partial charge in [-0.2, -0.15) is 0 Å². The molecule has 0 aliphatic rings. The van der Waals surface area contributed by atoms with E-state index in [2.05, 4.69) is 13.8 Å². The lowest BCUT2D eigenvalue weighted by atomic mass is 9.87. The fourth-order valence-corrected chi connectivity index (χ4v) is 3.67. The number of hydrogen-bond acceptors (Lipinski definition) is 2. The van der Waals surface area contributed by atoms with Gasteiger partial charge in [-0.1, -0.05) is 96.1 Å². The standard InChI is InChI=1S/C22H37ClO2/c1-3-5-7-9-11-13-15-18(14-12-10-8-6-4-2)19-16-22(25)20(23)17-21(19)24/h16-18,24-25H,3-15H2,1-2H3. The van der Waals surface area contributed by atoms with Gasteiger partial charge in [0.05, 0.1) is 5.02 Å². The Morgan fingerprint density at radius 2 is 1.20 bits per heavy atom. The topological polar surface area (TPSA) is 40.5 Å². The minimum atomic E-state index is 0.0772. The number of aromatic hydroxyl groups is 2. The summed E-state index contributed by atoms with van der Waals surface area (Å²) in [5, 5.41) is 20.5. The first kappa shape index (κ1) is 22.2. The van der Waals surface area contributed by atoms with E-state index >= 15 is 0 Å². The Bertz CT molecular complexity index is 473. The Kier molecular flexibility index (Phi) is 11.8. The number of halogens is 1. The van der Waals surface area contributed by atoms with E-state index in [1.807, 2.05) is 0 Å². The van der Waals surface area contributed by atoms with Crippen LogP contribution in [-0.2, 0) is 0 Å². The highest BCUT2D eigenvalue weighted by Gasteiger charge is 2.17. The zero-order chi connectivity index (χ0) is 18.5. The summed E-state index contributed by atoms with van der Waals surface area (Å²) in [6.45, 7) is 4.47. The molecule has 1 aromatic carbocycles. The molecule has 144 valence electrons. The van der Waals surface area contributed by atoms with Gasteiger partial charge in [0.2, 0.25) is 0 Å². The summed E-state index contributed by atoms with van der Waals surface area (Å²) in [7, 11) is 0. The van der Waals surface area contributed by atoms with Gasteiger partial charge < -0.3 is 10.2 Å². The highest BCUT2D eigenvalue weighted by atomic mass is 35.5. The van der Waals surface area contributed by atoms with Crippen LogP contribution in [0.15, 0.2) is 12.1 Å². The molecule has 3 heteroatoms. The number of hydrogen-bond donors (Lipinski definition) is 2. The Morgan fingerprint density at radius 1 is 0.720 bits per heavy atom. The molecule has 0 heterocycles. The molecule has 0 saturated heterocycles. The average Bonchev–Trinajstić information content (AvgIpc) is 2.59. The van der Waals surface area contributed by atoms with Crippen molar-refractivity contribution in [2.45, 2.75) is 103 Å². The van der Waals surface area contributed by atoms with Crippen LogP contribution in [0.25, 0.3) is 0 Å². The summed E-state index contributed by atoms with van der Waals surface area (Å²) in [5.74, 6) is 0.622. The largest absolute Gasteiger partial charge is 0.508 e. The van der Waals surface area contributed by atoms with E-state index in [0.29, 0.717) is 5.92 Å². The molecule has 0 fully saturated rings. The number of benzene rings is 1. The van der Waals surface area contributed by atoms with Gasteiger partial charge >= 0.3 is 0 Å². The maximum Gasteiger partial charge on any atom is 0.134 e. The summed E-state index contributed by atoms with van der Waals surface area (Å²) in [6, 6.07) is 3.16. The van der Waals surface area contributed by atoms with Crippen molar-refractivity contribution in [3.63, 3.8) is 0 Å². The third kappa shape index (κ3) is 8.85. The molecule has 0 radical (unpaired) electrons. The number of phenolic OH excluding ortho intramolecular Hbond substituents is 2. The molecule has 0 spiro atoms. The van der Waals surface area contributed by atoms with Crippen molar-refractivity contribution in [1.29, 1.82) is 0 Å². The van der Waals surface area contributed by atoms with Crippen molar-refractivity contribution in [1.82, 2.24) is 0 Å². The zero-order valence-electron chi connectivity index (χ0n) is 16.2. The molecule has 2 N–H and O–H groups in total. The van der Waals surface area contributed by atoms with Crippen molar-refractivity contribution in [2.75, 3.05) is 0 Å². The van der Waals surface area contributed by atoms with Crippen molar-refractivity contribution >= 4 is 11.6 Å². The normalized spacial score (nSPS) is 12.4. The Balaban J connectivity index is 2.59. The molecule has 1 unspecified atom stereocenters.